The molecule has 0 aromatic rings. The van der Waals surface area contributed by atoms with Gasteiger partial charge in [-0.05, 0) is 25.4 Å². The highest BCUT2D eigenvalue weighted by Gasteiger charge is 2.17. The van der Waals surface area contributed by atoms with E-state index in [1.807, 2.05) is 6.26 Å². The summed E-state index contributed by atoms with van der Waals surface area (Å²) < 4.78 is 4.91. The number of carbonyl (C=O) groups is 2. The molecular weight excluding hydrogens is 216 g/mol. The first kappa shape index (κ1) is 14.2. The summed E-state index contributed by atoms with van der Waals surface area (Å²) in [6.45, 7) is 2.94. The second-order valence-corrected chi connectivity index (χ2v) is 4.15. The Morgan fingerprint density at radius 3 is 2.60 bits per heavy atom. The first-order chi connectivity index (χ1) is 6.97. The number of nitrogens with one attached hydrogen (secondary N) is 1. The van der Waals surface area contributed by atoms with Crippen LogP contribution in [0.1, 0.15) is 20.3 Å². The number of carbonyl (C=O) groups excluding carboxylic acids is 2. The van der Waals surface area contributed by atoms with Gasteiger partial charge < -0.3 is 15.8 Å². The zero-order chi connectivity index (χ0) is 11.8. The van der Waals surface area contributed by atoms with Crippen LogP contribution >= 0.6 is 11.8 Å². The Labute approximate surface area is 94.1 Å². The van der Waals surface area contributed by atoms with Crippen molar-refractivity contribution in [1.29, 1.82) is 0 Å². The molecule has 0 bridgehead atoms. The molecule has 0 aromatic carbocycles. The summed E-state index contributed by atoms with van der Waals surface area (Å²) in [6.07, 6.45) is 1.89. The molecule has 0 fully saturated rings. The van der Waals surface area contributed by atoms with Crippen molar-refractivity contribution >= 4 is 23.6 Å². The first-order valence-electron chi connectivity index (χ1n) is 4.69. The van der Waals surface area contributed by atoms with Crippen LogP contribution in [0, 0.1) is 0 Å². The Morgan fingerprint density at radius 2 is 2.13 bits per heavy atom. The van der Waals surface area contributed by atoms with Crippen molar-refractivity contribution < 1.29 is 14.3 Å². The molecular formula is C9H18N2O3S. The lowest BCUT2D eigenvalue weighted by atomic mass is 10.2. The van der Waals surface area contributed by atoms with Crippen LogP contribution in [0.4, 0.5) is 0 Å². The third kappa shape index (κ3) is 7.21. The maximum Gasteiger partial charge on any atom is 0.324 e. The second kappa shape index (κ2) is 7.53. The van der Waals surface area contributed by atoms with Gasteiger partial charge >= 0.3 is 5.97 Å². The van der Waals surface area contributed by atoms with Gasteiger partial charge in [0.25, 0.3) is 0 Å². The number of hydrogen-bond donors (Lipinski definition) is 2. The minimum Gasteiger partial charge on any atom is -0.441 e. The summed E-state index contributed by atoms with van der Waals surface area (Å²) in [6, 6.07) is -0.617. The van der Waals surface area contributed by atoms with Gasteiger partial charge in [-0.15, -0.1) is 0 Å². The molecule has 5 nitrogen and oxygen atoms in total. The molecule has 88 valence electrons. The Morgan fingerprint density at radius 1 is 1.53 bits per heavy atom. The molecule has 1 amide bonds. The molecule has 0 aromatic heterocycles. The van der Waals surface area contributed by atoms with E-state index in [-0.39, 0.29) is 5.91 Å². The highest BCUT2D eigenvalue weighted by Crippen LogP contribution is 2.01. The average Bonchev–Trinajstić information content (AvgIpc) is 2.12. The monoisotopic (exact) mass is 234 g/mol. The van der Waals surface area contributed by atoms with Gasteiger partial charge in [0, 0.05) is 6.92 Å². The quantitative estimate of drug-likeness (QED) is 0.503. The highest BCUT2D eigenvalue weighted by molar-refractivity contribution is 7.98. The fraction of sp³-hybridized carbons (Fsp3) is 0.778. The fourth-order valence-corrected chi connectivity index (χ4v) is 1.43. The molecule has 0 aliphatic carbocycles. The zero-order valence-corrected chi connectivity index (χ0v) is 10.1. The highest BCUT2D eigenvalue weighted by atomic mass is 32.2. The molecule has 0 saturated carbocycles. The van der Waals surface area contributed by atoms with E-state index in [0.29, 0.717) is 6.42 Å². The van der Waals surface area contributed by atoms with E-state index in [4.69, 9.17) is 10.5 Å². The van der Waals surface area contributed by atoms with Crippen molar-refractivity contribution in [3.63, 3.8) is 0 Å². The van der Waals surface area contributed by atoms with E-state index in [2.05, 4.69) is 5.32 Å². The maximum absolute atomic E-state index is 11.3. The number of amides is 1. The molecule has 0 aliphatic rings. The van der Waals surface area contributed by atoms with Crippen LogP contribution in [0.2, 0.25) is 0 Å². The van der Waals surface area contributed by atoms with Crippen LogP contribution in [0.15, 0.2) is 0 Å². The van der Waals surface area contributed by atoms with Crippen LogP contribution in [-0.4, -0.2) is 36.2 Å². The first-order valence-corrected chi connectivity index (χ1v) is 6.09. The van der Waals surface area contributed by atoms with Gasteiger partial charge in [0.05, 0.1) is 0 Å². The van der Waals surface area contributed by atoms with Gasteiger partial charge in [-0.3, -0.25) is 9.59 Å². The Kier molecular flexibility index (Phi) is 7.15. The lowest BCUT2D eigenvalue weighted by Crippen LogP contribution is -2.40. The van der Waals surface area contributed by atoms with Crippen LogP contribution in [0.5, 0.6) is 0 Å². The van der Waals surface area contributed by atoms with Gasteiger partial charge in [0.1, 0.15) is 6.04 Å². The number of rotatable bonds is 6. The van der Waals surface area contributed by atoms with Crippen molar-refractivity contribution in [3.05, 3.63) is 0 Å². The molecule has 2 atom stereocenters. The van der Waals surface area contributed by atoms with E-state index in [0.717, 1.165) is 5.75 Å². The number of ether oxygens (including phenoxy) is 1. The summed E-state index contributed by atoms with van der Waals surface area (Å²) in [5.74, 6) is 0.0865. The van der Waals surface area contributed by atoms with Gasteiger partial charge in [-0.1, -0.05) is 0 Å². The molecule has 0 heterocycles. The van der Waals surface area contributed by atoms with Crippen molar-refractivity contribution in [2.24, 2.45) is 5.73 Å². The van der Waals surface area contributed by atoms with E-state index in [9.17, 15) is 9.59 Å². The third-order valence-corrected chi connectivity index (χ3v) is 2.28. The lowest BCUT2D eigenvalue weighted by molar-refractivity contribution is -0.152. The lowest BCUT2D eigenvalue weighted by Gasteiger charge is -2.16. The van der Waals surface area contributed by atoms with Crippen molar-refractivity contribution in [1.82, 2.24) is 5.32 Å². The SMILES string of the molecule is CSCC[C@H](N)C(=O)OC(C)NC(C)=O. The van der Waals surface area contributed by atoms with Gasteiger partial charge in [-0.25, -0.2) is 0 Å². The normalized spacial score (nSPS) is 14.1. The Hall–Kier alpha value is -0.750. The second-order valence-electron chi connectivity index (χ2n) is 3.17. The number of nitrogens with two attached hydrogens (primary N) is 1. The summed E-state index contributed by atoms with van der Waals surface area (Å²) in [5.41, 5.74) is 5.58. The molecule has 0 radical (unpaired) electrons. The standard InChI is InChI=1S/C9H18N2O3S/c1-6(12)11-7(2)14-9(13)8(10)4-5-15-3/h7-8H,4-5,10H2,1-3H3,(H,11,12)/t7?,8-/m0/s1. The van der Waals surface area contributed by atoms with E-state index >= 15 is 0 Å². The number of hydrogen-bond acceptors (Lipinski definition) is 5. The fourth-order valence-electron chi connectivity index (χ4n) is 0.940. The summed E-state index contributed by atoms with van der Waals surface area (Å²) in [4.78, 5) is 22.0. The predicted molar refractivity (Wildman–Crippen MR) is 60.3 cm³/mol. The summed E-state index contributed by atoms with van der Waals surface area (Å²) in [5, 5.41) is 2.44. The zero-order valence-electron chi connectivity index (χ0n) is 9.28. The molecule has 15 heavy (non-hydrogen) atoms. The van der Waals surface area contributed by atoms with Crippen LogP contribution in [-0.2, 0) is 14.3 Å². The van der Waals surface area contributed by atoms with E-state index in [1.54, 1.807) is 18.7 Å². The van der Waals surface area contributed by atoms with Crippen LogP contribution in [0.3, 0.4) is 0 Å². The molecule has 0 aliphatic heterocycles. The van der Waals surface area contributed by atoms with Crippen LogP contribution in [0.25, 0.3) is 0 Å². The minimum atomic E-state index is -0.629. The summed E-state index contributed by atoms with van der Waals surface area (Å²) in [7, 11) is 0. The van der Waals surface area contributed by atoms with Crippen molar-refractivity contribution in [3.8, 4) is 0 Å². The van der Waals surface area contributed by atoms with E-state index in [1.165, 1.54) is 6.92 Å². The average molecular weight is 234 g/mol. The maximum atomic E-state index is 11.3. The Balaban J connectivity index is 3.85. The van der Waals surface area contributed by atoms with Crippen molar-refractivity contribution in [2.45, 2.75) is 32.5 Å². The van der Waals surface area contributed by atoms with Gasteiger partial charge in [-0.2, -0.15) is 11.8 Å². The third-order valence-electron chi connectivity index (χ3n) is 1.64. The van der Waals surface area contributed by atoms with Crippen molar-refractivity contribution in [2.75, 3.05) is 12.0 Å². The van der Waals surface area contributed by atoms with Crippen LogP contribution < -0.4 is 11.1 Å². The molecule has 6 heteroatoms. The van der Waals surface area contributed by atoms with E-state index < -0.39 is 18.2 Å². The number of esters is 1. The number of thioether (sulfide) groups is 1. The molecule has 0 spiro atoms. The largest absolute Gasteiger partial charge is 0.441 e. The van der Waals surface area contributed by atoms with Gasteiger partial charge in [0.2, 0.25) is 5.91 Å². The molecule has 1 unspecified atom stereocenters. The minimum absolute atomic E-state index is 0.243. The Bertz CT molecular complexity index is 223. The summed E-state index contributed by atoms with van der Waals surface area (Å²) >= 11 is 1.62. The molecule has 3 N–H and O–H groups in total. The molecule has 0 saturated heterocycles. The predicted octanol–water partition coefficient (Wildman–Crippen LogP) is 0.0921. The van der Waals surface area contributed by atoms with Gasteiger partial charge in [0.15, 0.2) is 6.23 Å². The molecule has 0 rings (SSSR count). The topological polar surface area (TPSA) is 81.4 Å². The smallest absolute Gasteiger partial charge is 0.324 e.